The molecule has 0 saturated heterocycles. The van der Waals surface area contributed by atoms with E-state index < -0.39 is 0 Å². The summed E-state index contributed by atoms with van der Waals surface area (Å²) in [5.41, 5.74) is 8.01. The number of hydrogen-bond acceptors (Lipinski definition) is 3. The van der Waals surface area contributed by atoms with Crippen LogP contribution < -0.4 is 5.73 Å². The molecule has 0 atom stereocenters. The summed E-state index contributed by atoms with van der Waals surface area (Å²) in [4.78, 5) is 0. The largest absolute Gasteiger partial charge is 0.381 e. The molecule has 0 fully saturated rings. The molecule has 0 aliphatic rings. The van der Waals surface area contributed by atoms with Crippen LogP contribution >= 0.6 is 27.3 Å². The number of aryl methyl sites for hydroxylation is 1. The van der Waals surface area contributed by atoms with Gasteiger partial charge in [-0.05, 0) is 22.0 Å². The van der Waals surface area contributed by atoms with Gasteiger partial charge in [-0.3, -0.25) is 4.68 Å². The van der Waals surface area contributed by atoms with E-state index in [4.69, 9.17) is 5.73 Å². The molecule has 0 spiro atoms. The minimum Gasteiger partial charge on any atom is -0.381 e. The van der Waals surface area contributed by atoms with Crippen LogP contribution in [-0.2, 0) is 7.05 Å². The minimum atomic E-state index is 0.526. The molecule has 5 heteroatoms. The summed E-state index contributed by atoms with van der Waals surface area (Å²) in [6.07, 6.45) is 0. The Labute approximate surface area is 111 Å². The Morgan fingerprint density at radius 1 is 1.35 bits per heavy atom. The highest BCUT2D eigenvalue weighted by molar-refractivity contribution is 9.10. The zero-order valence-electron chi connectivity index (χ0n) is 9.14. The molecular weight excluding hydrogens is 298 g/mol. The molecular formula is C12H10BrN3S. The maximum absolute atomic E-state index is 5.82. The van der Waals surface area contributed by atoms with Crippen molar-refractivity contribution in [1.82, 2.24) is 9.78 Å². The van der Waals surface area contributed by atoms with Crippen LogP contribution in [0.2, 0.25) is 0 Å². The fourth-order valence-corrected chi connectivity index (χ4v) is 3.47. The van der Waals surface area contributed by atoms with Crippen molar-refractivity contribution < 1.29 is 0 Å². The van der Waals surface area contributed by atoms with Gasteiger partial charge in [-0.2, -0.15) is 5.10 Å². The fraction of sp³-hybridized carbons (Fsp3) is 0.0833. The van der Waals surface area contributed by atoms with Gasteiger partial charge in [0, 0.05) is 28.1 Å². The topological polar surface area (TPSA) is 43.8 Å². The van der Waals surface area contributed by atoms with Gasteiger partial charge in [0.25, 0.3) is 0 Å². The van der Waals surface area contributed by atoms with Crippen LogP contribution in [0.1, 0.15) is 0 Å². The van der Waals surface area contributed by atoms with Crippen LogP contribution in [-0.4, -0.2) is 9.78 Å². The number of halogens is 1. The molecule has 2 aromatic heterocycles. The number of nitrogens with zero attached hydrogens (tertiary/aromatic N) is 2. The van der Waals surface area contributed by atoms with E-state index >= 15 is 0 Å². The Balaban J connectivity index is 2.35. The first-order valence-corrected chi connectivity index (χ1v) is 6.80. The van der Waals surface area contributed by atoms with E-state index in [1.165, 1.54) is 15.6 Å². The Morgan fingerprint density at radius 2 is 2.12 bits per heavy atom. The molecule has 3 rings (SSSR count). The Bertz CT molecular complexity index is 699. The SMILES string of the molecule is Cn1nc(N)c(Br)c1-c1csc2ccccc12. The van der Waals surface area contributed by atoms with Crippen LogP contribution in [0, 0.1) is 0 Å². The van der Waals surface area contributed by atoms with Gasteiger partial charge >= 0.3 is 0 Å². The van der Waals surface area contributed by atoms with Gasteiger partial charge in [0.2, 0.25) is 0 Å². The monoisotopic (exact) mass is 307 g/mol. The van der Waals surface area contributed by atoms with E-state index in [1.54, 1.807) is 11.3 Å². The molecule has 0 amide bonds. The molecule has 3 aromatic rings. The van der Waals surface area contributed by atoms with Crippen molar-refractivity contribution in [2.45, 2.75) is 0 Å². The summed E-state index contributed by atoms with van der Waals surface area (Å²) in [5.74, 6) is 0.526. The van der Waals surface area contributed by atoms with Crippen molar-refractivity contribution in [3.63, 3.8) is 0 Å². The smallest absolute Gasteiger partial charge is 0.160 e. The number of nitrogen functional groups attached to an aromatic ring is 1. The maximum atomic E-state index is 5.82. The van der Waals surface area contributed by atoms with Crippen LogP contribution in [0.5, 0.6) is 0 Å². The van der Waals surface area contributed by atoms with E-state index in [9.17, 15) is 0 Å². The van der Waals surface area contributed by atoms with Crippen molar-refractivity contribution in [3.05, 3.63) is 34.1 Å². The lowest BCUT2D eigenvalue weighted by Crippen LogP contribution is -1.94. The lowest BCUT2D eigenvalue weighted by molar-refractivity contribution is 0.781. The van der Waals surface area contributed by atoms with Crippen molar-refractivity contribution >= 4 is 43.2 Å². The summed E-state index contributed by atoms with van der Waals surface area (Å²) in [7, 11) is 1.91. The lowest BCUT2D eigenvalue weighted by atomic mass is 10.1. The quantitative estimate of drug-likeness (QED) is 0.746. The van der Waals surface area contributed by atoms with Gasteiger partial charge in [-0.15, -0.1) is 11.3 Å². The highest BCUT2D eigenvalue weighted by Crippen LogP contribution is 2.39. The zero-order chi connectivity index (χ0) is 12.0. The van der Waals surface area contributed by atoms with Gasteiger partial charge in [0.1, 0.15) is 0 Å². The second kappa shape index (κ2) is 3.85. The molecule has 0 radical (unpaired) electrons. The Morgan fingerprint density at radius 3 is 2.82 bits per heavy atom. The third-order valence-corrected chi connectivity index (χ3v) is 4.50. The number of aromatic nitrogens is 2. The van der Waals surface area contributed by atoms with E-state index in [1.807, 2.05) is 17.8 Å². The third kappa shape index (κ3) is 1.57. The van der Waals surface area contributed by atoms with Gasteiger partial charge in [-0.25, -0.2) is 0 Å². The number of benzene rings is 1. The number of thiophene rings is 1. The predicted molar refractivity (Wildman–Crippen MR) is 76.1 cm³/mol. The van der Waals surface area contributed by atoms with E-state index in [-0.39, 0.29) is 0 Å². The summed E-state index contributed by atoms with van der Waals surface area (Å²) >= 11 is 5.24. The molecule has 0 aliphatic carbocycles. The first kappa shape index (κ1) is 10.8. The average molecular weight is 308 g/mol. The van der Waals surface area contributed by atoms with Crippen LogP contribution in [0.4, 0.5) is 5.82 Å². The van der Waals surface area contributed by atoms with Gasteiger partial charge in [0.15, 0.2) is 5.82 Å². The number of fused-ring (bicyclic) bond motifs is 1. The molecule has 0 bridgehead atoms. The molecule has 17 heavy (non-hydrogen) atoms. The van der Waals surface area contributed by atoms with Gasteiger partial charge < -0.3 is 5.73 Å². The molecule has 1 aromatic carbocycles. The van der Waals surface area contributed by atoms with Crippen LogP contribution in [0.25, 0.3) is 21.3 Å². The third-order valence-electron chi connectivity index (χ3n) is 2.75. The number of hydrogen-bond donors (Lipinski definition) is 1. The first-order chi connectivity index (χ1) is 8.18. The van der Waals surface area contributed by atoms with E-state index in [2.05, 4.69) is 44.6 Å². The average Bonchev–Trinajstić information content (AvgIpc) is 2.82. The summed E-state index contributed by atoms with van der Waals surface area (Å²) in [5, 5.41) is 7.61. The summed E-state index contributed by atoms with van der Waals surface area (Å²) in [6, 6.07) is 8.34. The second-order valence-corrected chi connectivity index (χ2v) is 5.52. The molecule has 3 nitrogen and oxygen atoms in total. The zero-order valence-corrected chi connectivity index (χ0v) is 11.5. The summed E-state index contributed by atoms with van der Waals surface area (Å²) < 4.78 is 3.95. The standard InChI is InChI=1S/C12H10BrN3S/c1-16-11(10(13)12(14)15-16)8-6-17-9-5-3-2-4-7(8)9/h2-6H,1H3,(H2,14,15). The number of nitrogens with two attached hydrogens (primary N) is 1. The van der Waals surface area contributed by atoms with Crippen LogP contribution in [0.3, 0.4) is 0 Å². The first-order valence-electron chi connectivity index (χ1n) is 5.13. The highest BCUT2D eigenvalue weighted by atomic mass is 79.9. The summed E-state index contributed by atoms with van der Waals surface area (Å²) in [6.45, 7) is 0. The van der Waals surface area contributed by atoms with Crippen molar-refractivity contribution in [1.29, 1.82) is 0 Å². The molecule has 0 aliphatic heterocycles. The van der Waals surface area contributed by atoms with E-state index in [0.717, 1.165) is 10.2 Å². The lowest BCUT2D eigenvalue weighted by Gasteiger charge is -2.01. The van der Waals surface area contributed by atoms with Gasteiger partial charge in [0.05, 0.1) is 10.2 Å². The predicted octanol–water partition coefficient (Wildman–Crippen LogP) is 3.65. The Hall–Kier alpha value is -1.33. The molecule has 2 heterocycles. The fourth-order valence-electron chi connectivity index (χ4n) is 1.97. The number of rotatable bonds is 1. The Kier molecular flexibility index (Phi) is 2.45. The molecule has 86 valence electrons. The molecule has 2 N–H and O–H groups in total. The minimum absolute atomic E-state index is 0.526. The molecule has 0 saturated carbocycles. The van der Waals surface area contributed by atoms with Crippen molar-refractivity contribution in [2.24, 2.45) is 7.05 Å². The second-order valence-electron chi connectivity index (χ2n) is 3.82. The number of anilines is 1. The van der Waals surface area contributed by atoms with Crippen LogP contribution in [0.15, 0.2) is 34.1 Å². The highest BCUT2D eigenvalue weighted by Gasteiger charge is 2.16. The van der Waals surface area contributed by atoms with Gasteiger partial charge in [-0.1, -0.05) is 18.2 Å². The normalized spacial score (nSPS) is 11.2. The van der Waals surface area contributed by atoms with E-state index in [0.29, 0.717) is 5.82 Å². The van der Waals surface area contributed by atoms with Crippen molar-refractivity contribution in [3.8, 4) is 11.3 Å². The molecule has 0 unspecified atom stereocenters. The maximum Gasteiger partial charge on any atom is 0.160 e. The van der Waals surface area contributed by atoms with Crippen molar-refractivity contribution in [2.75, 3.05) is 5.73 Å².